The summed E-state index contributed by atoms with van der Waals surface area (Å²) >= 11 is 1.71. The Kier molecular flexibility index (Phi) is 3.45. The lowest BCUT2D eigenvalue weighted by molar-refractivity contribution is 0.0787. The van der Waals surface area contributed by atoms with Gasteiger partial charge in [-0.2, -0.15) is 5.10 Å². The van der Waals surface area contributed by atoms with Gasteiger partial charge in [-0.15, -0.1) is 11.3 Å². The second-order valence-electron chi connectivity index (χ2n) is 6.24. The molecule has 0 bridgehead atoms. The smallest absolute Gasteiger partial charge is 0.253 e. The molecule has 1 amide bonds. The lowest BCUT2D eigenvalue weighted by Crippen LogP contribution is -2.29. The van der Waals surface area contributed by atoms with Gasteiger partial charge in [-0.1, -0.05) is 0 Å². The van der Waals surface area contributed by atoms with Gasteiger partial charge in [0.25, 0.3) is 5.91 Å². The van der Waals surface area contributed by atoms with Gasteiger partial charge in [0.2, 0.25) is 0 Å². The highest BCUT2D eigenvalue weighted by atomic mass is 32.1. The van der Waals surface area contributed by atoms with Crippen LogP contribution < -0.4 is 0 Å². The summed E-state index contributed by atoms with van der Waals surface area (Å²) in [5.74, 6) is 0.127. The first-order chi connectivity index (χ1) is 11.1. The topological polar surface area (TPSA) is 38.1 Å². The Hall–Kier alpha value is -2.14. The van der Waals surface area contributed by atoms with Crippen LogP contribution in [0.25, 0.3) is 10.1 Å². The number of carbonyl (C=O) groups excluding carboxylic acids is 1. The molecule has 4 rings (SSSR count). The van der Waals surface area contributed by atoms with E-state index in [0.29, 0.717) is 0 Å². The molecule has 4 nitrogen and oxygen atoms in total. The standard InChI is InChI=1S/C18H19N3OS/c1-12-9-13(2)21(19-12)16-5-7-20(11-16)18(22)15-3-4-17-14(10-15)6-8-23-17/h3-4,6,8-10,16H,5,7,11H2,1-2H3/t16-/m0/s1. The van der Waals surface area contributed by atoms with Crippen LogP contribution in [0.4, 0.5) is 0 Å². The summed E-state index contributed by atoms with van der Waals surface area (Å²) in [4.78, 5) is 14.7. The van der Waals surface area contributed by atoms with Crippen LogP contribution in [0.15, 0.2) is 35.7 Å². The van der Waals surface area contributed by atoms with Crippen molar-refractivity contribution in [3.63, 3.8) is 0 Å². The number of thiophene rings is 1. The van der Waals surface area contributed by atoms with Crippen molar-refractivity contribution in [1.29, 1.82) is 0 Å². The molecular formula is C18H19N3OS. The van der Waals surface area contributed by atoms with E-state index in [1.165, 1.54) is 10.4 Å². The first-order valence-electron chi connectivity index (χ1n) is 7.91. The van der Waals surface area contributed by atoms with E-state index in [9.17, 15) is 4.79 Å². The molecule has 0 spiro atoms. The van der Waals surface area contributed by atoms with Gasteiger partial charge in [-0.05, 0) is 61.4 Å². The lowest BCUT2D eigenvalue weighted by Gasteiger charge is -2.17. The van der Waals surface area contributed by atoms with Gasteiger partial charge in [0.05, 0.1) is 11.7 Å². The highest BCUT2D eigenvalue weighted by Gasteiger charge is 2.29. The Balaban J connectivity index is 1.54. The zero-order valence-electron chi connectivity index (χ0n) is 13.3. The molecule has 2 aromatic heterocycles. The minimum Gasteiger partial charge on any atom is -0.336 e. The number of aryl methyl sites for hydroxylation is 2. The van der Waals surface area contributed by atoms with E-state index in [2.05, 4.69) is 34.2 Å². The van der Waals surface area contributed by atoms with Crippen LogP contribution in [0.5, 0.6) is 0 Å². The van der Waals surface area contributed by atoms with Gasteiger partial charge in [-0.25, -0.2) is 0 Å². The van der Waals surface area contributed by atoms with E-state index in [-0.39, 0.29) is 11.9 Å². The monoisotopic (exact) mass is 325 g/mol. The van der Waals surface area contributed by atoms with Crippen LogP contribution in [0.1, 0.15) is 34.2 Å². The minimum absolute atomic E-state index is 0.127. The summed E-state index contributed by atoms with van der Waals surface area (Å²) in [5.41, 5.74) is 2.99. The van der Waals surface area contributed by atoms with Crippen LogP contribution in [0, 0.1) is 13.8 Å². The summed E-state index contributed by atoms with van der Waals surface area (Å²) in [6.07, 6.45) is 0.967. The summed E-state index contributed by atoms with van der Waals surface area (Å²) < 4.78 is 3.30. The second-order valence-corrected chi connectivity index (χ2v) is 7.19. The molecule has 1 aliphatic rings. The fraction of sp³-hybridized carbons (Fsp3) is 0.333. The number of aromatic nitrogens is 2. The zero-order valence-corrected chi connectivity index (χ0v) is 14.1. The van der Waals surface area contributed by atoms with Gasteiger partial charge >= 0.3 is 0 Å². The number of fused-ring (bicyclic) bond motifs is 1. The van der Waals surface area contributed by atoms with Crippen LogP contribution in [-0.4, -0.2) is 33.7 Å². The molecule has 1 aliphatic heterocycles. The maximum atomic E-state index is 12.8. The van der Waals surface area contributed by atoms with Gasteiger partial charge in [0.1, 0.15) is 0 Å². The molecular weight excluding hydrogens is 306 g/mol. The predicted molar refractivity (Wildman–Crippen MR) is 93.1 cm³/mol. The lowest BCUT2D eigenvalue weighted by atomic mass is 10.1. The molecule has 1 fully saturated rings. The maximum Gasteiger partial charge on any atom is 0.253 e. The van der Waals surface area contributed by atoms with Gasteiger partial charge < -0.3 is 4.90 Å². The van der Waals surface area contributed by atoms with Crippen molar-refractivity contribution in [2.75, 3.05) is 13.1 Å². The molecule has 0 saturated carbocycles. The largest absolute Gasteiger partial charge is 0.336 e. The summed E-state index contributed by atoms with van der Waals surface area (Å²) in [7, 11) is 0. The molecule has 118 valence electrons. The average Bonchev–Trinajstić information content (AvgIpc) is 3.24. The van der Waals surface area contributed by atoms with Crippen molar-refractivity contribution in [3.05, 3.63) is 52.7 Å². The Morgan fingerprint density at radius 1 is 1.26 bits per heavy atom. The van der Waals surface area contributed by atoms with Crippen molar-refractivity contribution < 1.29 is 4.79 Å². The normalized spacial score (nSPS) is 18.0. The molecule has 3 aromatic rings. The van der Waals surface area contributed by atoms with Crippen molar-refractivity contribution in [2.45, 2.75) is 26.3 Å². The van der Waals surface area contributed by atoms with E-state index in [1.54, 1.807) is 11.3 Å². The molecule has 0 aliphatic carbocycles. The van der Waals surface area contributed by atoms with E-state index in [1.807, 2.05) is 30.0 Å². The van der Waals surface area contributed by atoms with Gasteiger partial charge in [0.15, 0.2) is 0 Å². The fourth-order valence-electron chi connectivity index (χ4n) is 3.42. The van der Waals surface area contributed by atoms with Crippen molar-refractivity contribution >= 4 is 27.3 Å². The fourth-order valence-corrected chi connectivity index (χ4v) is 4.19. The zero-order chi connectivity index (χ0) is 16.0. The molecule has 23 heavy (non-hydrogen) atoms. The summed E-state index contributed by atoms with van der Waals surface area (Å²) in [6, 6.07) is 10.4. The van der Waals surface area contributed by atoms with Crippen molar-refractivity contribution in [2.24, 2.45) is 0 Å². The number of carbonyl (C=O) groups is 1. The first-order valence-corrected chi connectivity index (χ1v) is 8.79. The number of likely N-dealkylation sites (tertiary alicyclic amines) is 1. The molecule has 0 unspecified atom stereocenters. The van der Waals surface area contributed by atoms with Crippen molar-refractivity contribution in [1.82, 2.24) is 14.7 Å². The Morgan fingerprint density at radius 2 is 2.13 bits per heavy atom. The average molecular weight is 325 g/mol. The molecule has 1 aromatic carbocycles. The van der Waals surface area contributed by atoms with E-state index >= 15 is 0 Å². The first kappa shape index (κ1) is 14.5. The third-order valence-corrected chi connectivity index (χ3v) is 5.44. The quantitative estimate of drug-likeness (QED) is 0.719. The summed E-state index contributed by atoms with van der Waals surface area (Å²) in [6.45, 7) is 5.62. The van der Waals surface area contributed by atoms with E-state index in [0.717, 1.165) is 36.2 Å². The Bertz CT molecular complexity index is 879. The molecule has 1 atom stereocenters. The predicted octanol–water partition coefficient (Wildman–Crippen LogP) is 3.80. The molecule has 5 heteroatoms. The second kappa shape index (κ2) is 5.49. The highest BCUT2D eigenvalue weighted by Crippen LogP contribution is 2.26. The molecule has 0 radical (unpaired) electrons. The van der Waals surface area contributed by atoms with Crippen LogP contribution >= 0.6 is 11.3 Å². The highest BCUT2D eigenvalue weighted by molar-refractivity contribution is 7.17. The Morgan fingerprint density at radius 3 is 2.91 bits per heavy atom. The molecule has 1 saturated heterocycles. The van der Waals surface area contributed by atoms with Crippen molar-refractivity contribution in [3.8, 4) is 0 Å². The maximum absolute atomic E-state index is 12.8. The number of hydrogen-bond acceptors (Lipinski definition) is 3. The number of benzene rings is 1. The third kappa shape index (κ3) is 2.55. The van der Waals surface area contributed by atoms with Crippen LogP contribution in [-0.2, 0) is 0 Å². The number of hydrogen-bond donors (Lipinski definition) is 0. The van der Waals surface area contributed by atoms with Gasteiger partial charge in [0, 0.05) is 29.0 Å². The molecule has 0 N–H and O–H groups in total. The van der Waals surface area contributed by atoms with Gasteiger partial charge in [-0.3, -0.25) is 9.48 Å². The number of rotatable bonds is 2. The molecule has 3 heterocycles. The van der Waals surface area contributed by atoms with E-state index in [4.69, 9.17) is 0 Å². The van der Waals surface area contributed by atoms with E-state index < -0.39 is 0 Å². The number of amides is 1. The third-order valence-electron chi connectivity index (χ3n) is 4.54. The van der Waals surface area contributed by atoms with Crippen LogP contribution in [0.2, 0.25) is 0 Å². The number of nitrogens with zero attached hydrogens (tertiary/aromatic N) is 3. The summed E-state index contributed by atoms with van der Waals surface area (Å²) in [5, 5.41) is 7.78. The minimum atomic E-state index is 0.127. The SMILES string of the molecule is Cc1cc(C)n([C@H]2CCN(C(=O)c3ccc4sccc4c3)C2)n1. The van der Waals surface area contributed by atoms with Crippen LogP contribution in [0.3, 0.4) is 0 Å². The Labute approximate surface area is 139 Å².